The van der Waals surface area contributed by atoms with Crippen molar-refractivity contribution >= 4 is 17.4 Å². The summed E-state index contributed by atoms with van der Waals surface area (Å²) in [5, 5.41) is 6.02. The van der Waals surface area contributed by atoms with E-state index in [9.17, 15) is 4.79 Å². The SMILES string of the molecule is CCN(C)Cc1cccc(CNC(=O)Nc2ccccc2N2CCCCC2)c1. The molecule has 150 valence electrons. The fourth-order valence-electron chi connectivity index (χ4n) is 3.60. The smallest absolute Gasteiger partial charge is 0.319 e. The van der Waals surface area contributed by atoms with Crippen LogP contribution in [-0.4, -0.2) is 37.6 Å². The first-order chi connectivity index (χ1) is 13.7. The molecule has 1 aliphatic rings. The van der Waals surface area contributed by atoms with Crippen LogP contribution in [0.5, 0.6) is 0 Å². The number of anilines is 2. The lowest BCUT2D eigenvalue weighted by Crippen LogP contribution is -2.32. The highest BCUT2D eigenvalue weighted by Crippen LogP contribution is 2.28. The minimum Gasteiger partial charge on any atom is -0.370 e. The molecule has 0 aliphatic carbocycles. The summed E-state index contributed by atoms with van der Waals surface area (Å²) in [5.74, 6) is 0. The van der Waals surface area contributed by atoms with Crippen molar-refractivity contribution in [2.45, 2.75) is 39.3 Å². The topological polar surface area (TPSA) is 47.6 Å². The number of benzene rings is 2. The van der Waals surface area contributed by atoms with Gasteiger partial charge in [0.05, 0.1) is 11.4 Å². The molecule has 5 heteroatoms. The van der Waals surface area contributed by atoms with Crippen molar-refractivity contribution in [2.24, 2.45) is 0 Å². The highest BCUT2D eigenvalue weighted by atomic mass is 16.2. The maximum Gasteiger partial charge on any atom is 0.319 e. The fraction of sp³-hybridized carbons (Fsp3) is 0.435. The number of carbonyl (C=O) groups excluding carboxylic acids is 1. The molecule has 0 radical (unpaired) electrons. The van der Waals surface area contributed by atoms with Crippen molar-refractivity contribution < 1.29 is 4.79 Å². The number of urea groups is 1. The Morgan fingerprint density at radius 2 is 1.79 bits per heavy atom. The monoisotopic (exact) mass is 380 g/mol. The third kappa shape index (κ3) is 5.73. The van der Waals surface area contributed by atoms with Gasteiger partial charge in [0.2, 0.25) is 0 Å². The van der Waals surface area contributed by atoms with Crippen LogP contribution in [0, 0.1) is 0 Å². The summed E-state index contributed by atoms with van der Waals surface area (Å²) < 4.78 is 0. The second kappa shape index (κ2) is 10.1. The van der Waals surface area contributed by atoms with E-state index in [1.807, 2.05) is 18.2 Å². The lowest BCUT2D eigenvalue weighted by Gasteiger charge is -2.30. The van der Waals surface area contributed by atoms with E-state index in [2.05, 4.69) is 64.7 Å². The molecule has 2 aromatic carbocycles. The number of amides is 2. The van der Waals surface area contributed by atoms with Crippen LogP contribution in [0.25, 0.3) is 0 Å². The lowest BCUT2D eigenvalue weighted by molar-refractivity contribution is 0.251. The average Bonchev–Trinajstić information content (AvgIpc) is 2.73. The minimum atomic E-state index is -0.166. The molecule has 0 spiro atoms. The predicted octanol–water partition coefficient (Wildman–Crippen LogP) is 4.45. The Kier molecular flexibility index (Phi) is 7.31. The number of para-hydroxylation sites is 2. The van der Waals surface area contributed by atoms with Gasteiger partial charge in [-0.25, -0.2) is 4.79 Å². The molecule has 2 amide bonds. The summed E-state index contributed by atoms with van der Waals surface area (Å²) in [7, 11) is 2.11. The number of nitrogens with zero attached hydrogens (tertiary/aromatic N) is 2. The second-order valence-electron chi connectivity index (χ2n) is 7.52. The molecule has 0 aromatic heterocycles. The van der Waals surface area contributed by atoms with Gasteiger partial charge in [-0.1, -0.05) is 43.3 Å². The van der Waals surface area contributed by atoms with Gasteiger partial charge in [-0.05, 0) is 56.1 Å². The fourth-order valence-corrected chi connectivity index (χ4v) is 3.60. The first kappa shape index (κ1) is 20.2. The number of nitrogens with one attached hydrogen (secondary N) is 2. The van der Waals surface area contributed by atoms with Crippen LogP contribution in [0.1, 0.15) is 37.3 Å². The molecule has 2 aromatic rings. The van der Waals surface area contributed by atoms with Crippen molar-refractivity contribution in [1.29, 1.82) is 0 Å². The van der Waals surface area contributed by atoms with Crippen LogP contribution >= 0.6 is 0 Å². The van der Waals surface area contributed by atoms with Gasteiger partial charge in [-0.3, -0.25) is 0 Å². The normalized spacial score (nSPS) is 14.2. The zero-order valence-electron chi connectivity index (χ0n) is 17.1. The number of hydrogen-bond donors (Lipinski definition) is 2. The lowest BCUT2D eigenvalue weighted by atomic mass is 10.1. The van der Waals surface area contributed by atoms with Crippen molar-refractivity contribution in [2.75, 3.05) is 36.9 Å². The van der Waals surface area contributed by atoms with Crippen molar-refractivity contribution in [3.63, 3.8) is 0 Å². The van der Waals surface area contributed by atoms with Gasteiger partial charge in [-0.2, -0.15) is 0 Å². The zero-order valence-corrected chi connectivity index (χ0v) is 17.1. The van der Waals surface area contributed by atoms with Crippen LogP contribution in [0.15, 0.2) is 48.5 Å². The van der Waals surface area contributed by atoms with E-state index < -0.39 is 0 Å². The summed E-state index contributed by atoms with van der Waals surface area (Å²) in [6.45, 7) is 6.71. The quantitative estimate of drug-likeness (QED) is 0.746. The molecule has 5 nitrogen and oxygen atoms in total. The standard InChI is InChI=1S/C23H32N4O/c1-3-26(2)18-20-11-9-10-19(16-20)17-24-23(28)25-21-12-5-6-13-22(21)27-14-7-4-8-15-27/h5-6,9-13,16H,3-4,7-8,14-15,17-18H2,1-2H3,(H2,24,25,28). The summed E-state index contributed by atoms with van der Waals surface area (Å²) in [6.07, 6.45) is 3.72. The molecule has 2 N–H and O–H groups in total. The minimum absolute atomic E-state index is 0.166. The Labute approximate surface area is 168 Å². The molecule has 28 heavy (non-hydrogen) atoms. The van der Waals surface area contributed by atoms with Crippen molar-refractivity contribution in [1.82, 2.24) is 10.2 Å². The van der Waals surface area contributed by atoms with Crippen LogP contribution in [0.3, 0.4) is 0 Å². The van der Waals surface area contributed by atoms with E-state index in [1.165, 1.54) is 24.8 Å². The Bertz CT molecular complexity index is 771. The molecule has 0 atom stereocenters. The molecule has 1 aliphatic heterocycles. The highest BCUT2D eigenvalue weighted by Gasteiger charge is 2.15. The van der Waals surface area contributed by atoms with Crippen LogP contribution in [0.4, 0.5) is 16.2 Å². The molecular formula is C23H32N4O. The van der Waals surface area contributed by atoms with Gasteiger partial charge in [0.15, 0.2) is 0 Å². The number of carbonyl (C=O) groups is 1. The summed E-state index contributed by atoms with van der Waals surface area (Å²) in [6, 6.07) is 16.3. The molecule has 1 heterocycles. The third-order valence-electron chi connectivity index (χ3n) is 5.29. The Morgan fingerprint density at radius 1 is 1.04 bits per heavy atom. The maximum atomic E-state index is 12.5. The molecule has 1 fully saturated rings. The van der Waals surface area contributed by atoms with E-state index in [-0.39, 0.29) is 6.03 Å². The number of rotatable bonds is 7. The average molecular weight is 381 g/mol. The van der Waals surface area contributed by atoms with Gasteiger partial charge in [0.25, 0.3) is 0 Å². The molecule has 0 bridgehead atoms. The third-order valence-corrected chi connectivity index (χ3v) is 5.29. The molecule has 0 unspecified atom stereocenters. The van der Waals surface area contributed by atoms with Crippen molar-refractivity contribution in [3.05, 3.63) is 59.7 Å². The summed E-state index contributed by atoms with van der Waals surface area (Å²) in [4.78, 5) is 17.1. The first-order valence-electron chi connectivity index (χ1n) is 10.3. The largest absolute Gasteiger partial charge is 0.370 e. The van der Waals surface area contributed by atoms with E-state index in [4.69, 9.17) is 0 Å². The van der Waals surface area contributed by atoms with E-state index in [1.54, 1.807) is 0 Å². The summed E-state index contributed by atoms with van der Waals surface area (Å²) in [5.41, 5.74) is 4.36. The van der Waals surface area contributed by atoms with E-state index in [0.29, 0.717) is 6.54 Å². The highest BCUT2D eigenvalue weighted by molar-refractivity contribution is 5.93. The number of piperidine rings is 1. The van der Waals surface area contributed by atoms with Crippen LogP contribution in [-0.2, 0) is 13.1 Å². The van der Waals surface area contributed by atoms with Crippen LogP contribution in [0.2, 0.25) is 0 Å². The first-order valence-corrected chi connectivity index (χ1v) is 10.3. The van der Waals surface area contributed by atoms with Gasteiger partial charge < -0.3 is 20.4 Å². The summed E-state index contributed by atoms with van der Waals surface area (Å²) >= 11 is 0. The van der Waals surface area contributed by atoms with Gasteiger partial charge in [0.1, 0.15) is 0 Å². The Hall–Kier alpha value is -2.53. The van der Waals surface area contributed by atoms with Crippen molar-refractivity contribution in [3.8, 4) is 0 Å². The molecular weight excluding hydrogens is 348 g/mol. The van der Waals surface area contributed by atoms with Crippen LogP contribution < -0.4 is 15.5 Å². The predicted molar refractivity (Wildman–Crippen MR) is 117 cm³/mol. The Morgan fingerprint density at radius 3 is 2.57 bits per heavy atom. The molecule has 0 saturated carbocycles. The Balaban J connectivity index is 1.57. The zero-order chi connectivity index (χ0) is 19.8. The maximum absolute atomic E-state index is 12.5. The number of hydrogen-bond acceptors (Lipinski definition) is 3. The van der Waals surface area contributed by atoms with E-state index >= 15 is 0 Å². The van der Waals surface area contributed by atoms with E-state index in [0.717, 1.165) is 43.1 Å². The molecule has 1 saturated heterocycles. The van der Waals surface area contributed by atoms with Gasteiger partial charge >= 0.3 is 6.03 Å². The molecule has 3 rings (SSSR count). The van der Waals surface area contributed by atoms with Gasteiger partial charge in [-0.15, -0.1) is 0 Å². The van der Waals surface area contributed by atoms with Gasteiger partial charge in [0, 0.05) is 26.2 Å². The second-order valence-corrected chi connectivity index (χ2v) is 7.52.